The summed E-state index contributed by atoms with van der Waals surface area (Å²) in [6, 6.07) is 9.61. The van der Waals surface area contributed by atoms with Gasteiger partial charge in [-0.2, -0.15) is 0 Å². The summed E-state index contributed by atoms with van der Waals surface area (Å²) in [7, 11) is 0. The van der Waals surface area contributed by atoms with Crippen LogP contribution in [0.5, 0.6) is 0 Å². The molecule has 1 aromatic rings. The largest absolute Gasteiger partial charge is 0.385 e. The van der Waals surface area contributed by atoms with Gasteiger partial charge in [-0.25, -0.2) is 0 Å². The molecule has 0 radical (unpaired) electrons. The molecule has 0 unspecified atom stereocenters. The van der Waals surface area contributed by atoms with Gasteiger partial charge in [0, 0.05) is 19.3 Å². The second-order valence-electron chi connectivity index (χ2n) is 5.36. The van der Waals surface area contributed by atoms with Gasteiger partial charge in [-0.05, 0) is 18.4 Å². The lowest BCUT2D eigenvalue weighted by atomic mass is 9.75. The Morgan fingerprint density at radius 2 is 1.94 bits per heavy atom. The molecule has 0 spiro atoms. The van der Waals surface area contributed by atoms with Gasteiger partial charge in [-0.1, -0.05) is 30.3 Å². The molecule has 2 heterocycles. The Labute approximate surface area is 101 Å². The van der Waals surface area contributed by atoms with Crippen molar-refractivity contribution in [2.75, 3.05) is 0 Å². The number of rotatable bonds is 1. The van der Waals surface area contributed by atoms with Crippen LogP contribution in [0, 0.1) is 0 Å². The maximum atomic E-state index is 10.8. The van der Waals surface area contributed by atoms with Crippen LogP contribution in [0.25, 0.3) is 0 Å². The molecule has 0 amide bonds. The maximum Gasteiger partial charge on any atom is 0.168 e. The fraction of sp³-hybridized carbons (Fsp3) is 0.571. The molecule has 2 aliphatic rings. The summed E-state index contributed by atoms with van der Waals surface area (Å²) >= 11 is 0. The predicted molar refractivity (Wildman–Crippen MR) is 63.2 cm³/mol. The average molecular weight is 234 g/mol. The molecule has 2 bridgehead atoms. The highest BCUT2D eigenvalue weighted by Crippen LogP contribution is 2.46. The van der Waals surface area contributed by atoms with Crippen molar-refractivity contribution >= 4 is 0 Å². The molecule has 0 aliphatic carbocycles. The van der Waals surface area contributed by atoms with Gasteiger partial charge >= 0.3 is 0 Å². The predicted octanol–water partition coefficient (Wildman–Crippen LogP) is 1.93. The molecular formula is C14H18O3. The summed E-state index contributed by atoms with van der Waals surface area (Å²) in [6.45, 7) is 0. The SMILES string of the molecule is O[C@@]12CCC[C@@H](C[C@@](O)(c3ccccc3)C1)O2. The minimum absolute atomic E-state index is 0.0206. The maximum absolute atomic E-state index is 10.8. The van der Waals surface area contributed by atoms with Gasteiger partial charge in [-0.3, -0.25) is 0 Å². The van der Waals surface area contributed by atoms with Crippen molar-refractivity contribution in [1.29, 1.82) is 0 Å². The van der Waals surface area contributed by atoms with Crippen molar-refractivity contribution in [1.82, 2.24) is 0 Å². The van der Waals surface area contributed by atoms with Gasteiger partial charge in [0.05, 0.1) is 11.7 Å². The van der Waals surface area contributed by atoms with Crippen molar-refractivity contribution < 1.29 is 14.9 Å². The Hall–Kier alpha value is -0.900. The summed E-state index contributed by atoms with van der Waals surface area (Å²) < 4.78 is 5.62. The number of hydrogen-bond donors (Lipinski definition) is 2. The first-order valence-electron chi connectivity index (χ1n) is 6.28. The van der Waals surface area contributed by atoms with E-state index in [9.17, 15) is 10.2 Å². The van der Waals surface area contributed by atoms with E-state index in [1.54, 1.807) is 0 Å². The topological polar surface area (TPSA) is 49.7 Å². The Morgan fingerprint density at radius 3 is 2.65 bits per heavy atom. The smallest absolute Gasteiger partial charge is 0.168 e. The minimum atomic E-state index is -1.13. The monoisotopic (exact) mass is 234 g/mol. The molecule has 17 heavy (non-hydrogen) atoms. The van der Waals surface area contributed by atoms with Crippen molar-refractivity contribution in [3.8, 4) is 0 Å². The van der Waals surface area contributed by atoms with E-state index in [1.807, 2.05) is 30.3 Å². The lowest BCUT2D eigenvalue weighted by Crippen LogP contribution is -2.53. The number of hydrogen-bond acceptors (Lipinski definition) is 3. The van der Waals surface area contributed by atoms with E-state index in [0.29, 0.717) is 12.8 Å². The van der Waals surface area contributed by atoms with Crippen LogP contribution in [0.3, 0.4) is 0 Å². The molecule has 3 nitrogen and oxygen atoms in total. The van der Waals surface area contributed by atoms with Crippen LogP contribution in [-0.2, 0) is 10.3 Å². The standard InChI is InChI=1S/C14H18O3/c15-13(11-5-2-1-3-6-11)9-12-7-4-8-14(16,10-13)17-12/h1-3,5-6,12,15-16H,4,7-10H2/t12-,13-,14+/m0/s1. The molecular weight excluding hydrogens is 216 g/mol. The van der Waals surface area contributed by atoms with Crippen LogP contribution in [0.1, 0.15) is 37.7 Å². The average Bonchev–Trinajstić information content (AvgIpc) is 2.28. The van der Waals surface area contributed by atoms with E-state index in [2.05, 4.69) is 0 Å². The Morgan fingerprint density at radius 1 is 1.18 bits per heavy atom. The molecule has 0 aromatic heterocycles. The van der Waals surface area contributed by atoms with Crippen LogP contribution in [0.15, 0.2) is 30.3 Å². The summed E-state index contributed by atoms with van der Waals surface area (Å²) in [5.41, 5.74) is -0.0621. The molecule has 3 heteroatoms. The van der Waals surface area contributed by atoms with Gasteiger partial charge in [0.15, 0.2) is 5.79 Å². The van der Waals surface area contributed by atoms with E-state index in [1.165, 1.54) is 0 Å². The molecule has 92 valence electrons. The summed E-state index contributed by atoms with van der Waals surface area (Å²) in [4.78, 5) is 0. The molecule has 1 aromatic carbocycles. The minimum Gasteiger partial charge on any atom is -0.385 e. The van der Waals surface area contributed by atoms with Gasteiger partial charge in [0.2, 0.25) is 0 Å². The normalized spacial score (nSPS) is 41.2. The first-order chi connectivity index (χ1) is 8.10. The number of aliphatic hydroxyl groups is 2. The van der Waals surface area contributed by atoms with Crippen LogP contribution < -0.4 is 0 Å². The molecule has 2 aliphatic heterocycles. The van der Waals surface area contributed by atoms with Crippen LogP contribution in [0.4, 0.5) is 0 Å². The van der Waals surface area contributed by atoms with E-state index in [0.717, 1.165) is 18.4 Å². The third-order valence-electron chi connectivity index (χ3n) is 3.92. The van der Waals surface area contributed by atoms with Gasteiger partial charge in [0.1, 0.15) is 0 Å². The lowest BCUT2D eigenvalue weighted by molar-refractivity contribution is -0.313. The van der Waals surface area contributed by atoms with Crippen molar-refractivity contribution in [2.24, 2.45) is 0 Å². The van der Waals surface area contributed by atoms with Crippen LogP contribution >= 0.6 is 0 Å². The fourth-order valence-corrected chi connectivity index (χ4v) is 3.18. The second kappa shape index (κ2) is 3.80. The Kier molecular flexibility index (Phi) is 2.51. The first kappa shape index (κ1) is 11.2. The van der Waals surface area contributed by atoms with E-state index < -0.39 is 11.4 Å². The van der Waals surface area contributed by atoms with E-state index in [4.69, 9.17) is 4.74 Å². The highest BCUT2D eigenvalue weighted by molar-refractivity contribution is 5.24. The summed E-state index contributed by atoms with van der Waals surface area (Å²) in [6.07, 6.45) is 3.37. The Balaban J connectivity index is 1.93. The lowest BCUT2D eigenvalue weighted by Gasteiger charge is -2.49. The van der Waals surface area contributed by atoms with Crippen LogP contribution in [0.2, 0.25) is 0 Å². The van der Waals surface area contributed by atoms with Gasteiger partial charge in [-0.15, -0.1) is 0 Å². The third kappa shape index (κ3) is 1.99. The second-order valence-corrected chi connectivity index (χ2v) is 5.36. The first-order valence-corrected chi connectivity index (χ1v) is 6.28. The van der Waals surface area contributed by atoms with Crippen molar-refractivity contribution in [2.45, 2.75) is 49.6 Å². The molecule has 2 saturated heterocycles. The van der Waals surface area contributed by atoms with Gasteiger partial charge in [0.25, 0.3) is 0 Å². The molecule has 2 fully saturated rings. The summed E-state index contributed by atoms with van der Waals surface area (Å²) in [5.74, 6) is -1.13. The number of benzene rings is 1. The van der Waals surface area contributed by atoms with Crippen molar-refractivity contribution in [3.05, 3.63) is 35.9 Å². The molecule has 3 rings (SSSR count). The highest BCUT2D eigenvalue weighted by Gasteiger charge is 2.50. The van der Waals surface area contributed by atoms with E-state index >= 15 is 0 Å². The zero-order valence-electron chi connectivity index (χ0n) is 9.80. The van der Waals surface area contributed by atoms with Crippen LogP contribution in [-0.4, -0.2) is 22.1 Å². The molecule has 2 N–H and O–H groups in total. The molecule has 0 saturated carbocycles. The number of ether oxygens (including phenoxy) is 1. The zero-order valence-corrected chi connectivity index (χ0v) is 9.80. The number of fused-ring (bicyclic) bond motifs is 2. The molecule has 3 atom stereocenters. The fourth-order valence-electron chi connectivity index (χ4n) is 3.18. The van der Waals surface area contributed by atoms with Gasteiger partial charge < -0.3 is 14.9 Å². The van der Waals surface area contributed by atoms with Crippen molar-refractivity contribution in [3.63, 3.8) is 0 Å². The van der Waals surface area contributed by atoms with E-state index in [-0.39, 0.29) is 12.5 Å². The summed E-state index contributed by atoms with van der Waals surface area (Å²) in [5, 5.41) is 21.1. The highest BCUT2D eigenvalue weighted by atomic mass is 16.6. The third-order valence-corrected chi connectivity index (χ3v) is 3.92. The Bertz CT molecular complexity index is 405. The quantitative estimate of drug-likeness (QED) is 0.780. The zero-order chi connectivity index (χ0) is 11.9.